The molecule has 1 aliphatic carbocycles. The zero-order valence-electron chi connectivity index (χ0n) is 16.5. The highest BCUT2D eigenvalue weighted by Crippen LogP contribution is 2.21. The molecule has 1 aliphatic rings. The highest BCUT2D eigenvalue weighted by Gasteiger charge is 2.17. The molecule has 1 saturated carbocycles. The van der Waals surface area contributed by atoms with E-state index in [0.29, 0.717) is 18.4 Å². The number of rotatable bonds is 9. The van der Waals surface area contributed by atoms with E-state index in [1.807, 2.05) is 35.8 Å². The highest BCUT2D eigenvalue weighted by molar-refractivity contribution is 7.99. The predicted octanol–water partition coefficient (Wildman–Crippen LogP) is 3.43. The van der Waals surface area contributed by atoms with Crippen molar-refractivity contribution in [2.75, 3.05) is 12.9 Å². The van der Waals surface area contributed by atoms with Gasteiger partial charge in [0, 0.05) is 12.6 Å². The minimum absolute atomic E-state index is 0.0681. The van der Waals surface area contributed by atoms with Crippen LogP contribution in [0.4, 0.5) is 0 Å². The van der Waals surface area contributed by atoms with E-state index >= 15 is 0 Å². The number of thioether (sulfide) groups is 1. The van der Waals surface area contributed by atoms with Gasteiger partial charge in [0.25, 0.3) is 0 Å². The minimum atomic E-state index is 0.0681. The van der Waals surface area contributed by atoms with Crippen molar-refractivity contribution < 1.29 is 14.3 Å². The van der Waals surface area contributed by atoms with Crippen molar-refractivity contribution in [3.63, 3.8) is 0 Å². The van der Waals surface area contributed by atoms with E-state index < -0.39 is 0 Å². The highest BCUT2D eigenvalue weighted by atomic mass is 32.2. The Hall–Kier alpha value is -2.22. The van der Waals surface area contributed by atoms with Gasteiger partial charge in [0.15, 0.2) is 11.0 Å². The molecular formula is C20H28N4O3S. The minimum Gasteiger partial charge on any atom is -0.497 e. The lowest BCUT2D eigenvalue weighted by Crippen LogP contribution is -2.37. The molecule has 1 N–H and O–H groups in total. The van der Waals surface area contributed by atoms with E-state index in [1.165, 1.54) is 31.0 Å². The smallest absolute Gasteiger partial charge is 0.230 e. The molecule has 8 heteroatoms. The van der Waals surface area contributed by atoms with Crippen LogP contribution in [0.5, 0.6) is 11.5 Å². The average Bonchev–Trinajstić information content (AvgIpc) is 3.13. The van der Waals surface area contributed by atoms with Gasteiger partial charge in [-0.15, -0.1) is 10.2 Å². The molecule has 1 aromatic carbocycles. The number of nitrogens with one attached hydrogen (secondary N) is 1. The number of ether oxygens (including phenoxy) is 2. The van der Waals surface area contributed by atoms with Crippen LogP contribution >= 0.6 is 11.8 Å². The normalized spacial score (nSPS) is 14.6. The number of amides is 1. The summed E-state index contributed by atoms with van der Waals surface area (Å²) in [7, 11) is 1.63. The van der Waals surface area contributed by atoms with Gasteiger partial charge in [-0.3, -0.25) is 4.79 Å². The van der Waals surface area contributed by atoms with Crippen LogP contribution in [0, 0.1) is 0 Å². The third kappa shape index (κ3) is 5.64. The van der Waals surface area contributed by atoms with E-state index in [0.717, 1.165) is 41.9 Å². The lowest BCUT2D eigenvalue weighted by atomic mass is 9.95. The summed E-state index contributed by atoms with van der Waals surface area (Å²) < 4.78 is 12.9. The van der Waals surface area contributed by atoms with Crippen LogP contribution in [0.3, 0.4) is 0 Å². The van der Waals surface area contributed by atoms with E-state index in [9.17, 15) is 4.79 Å². The SMILES string of the molecule is CCn1c(COc2ccc(OC)cc2)nnc1SCC(=O)NC1CCCCC1. The first-order valence-corrected chi connectivity index (χ1v) is 10.8. The van der Waals surface area contributed by atoms with Crippen molar-refractivity contribution in [1.29, 1.82) is 0 Å². The summed E-state index contributed by atoms with van der Waals surface area (Å²) in [5, 5.41) is 12.4. The van der Waals surface area contributed by atoms with Gasteiger partial charge in [-0.1, -0.05) is 31.0 Å². The second-order valence-corrected chi connectivity index (χ2v) is 7.74. The summed E-state index contributed by atoms with van der Waals surface area (Å²) >= 11 is 1.42. The van der Waals surface area contributed by atoms with Crippen LogP contribution in [-0.2, 0) is 17.9 Å². The molecule has 28 heavy (non-hydrogen) atoms. The van der Waals surface area contributed by atoms with Gasteiger partial charge < -0.3 is 19.4 Å². The first-order valence-electron chi connectivity index (χ1n) is 9.80. The van der Waals surface area contributed by atoms with Crippen molar-refractivity contribution in [3.05, 3.63) is 30.1 Å². The largest absolute Gasteiger partial charge is 0.497 e. The molecule has 0 aliphatic heterocycles. The average molecular weight is 405 g/mol. The Morgan fingerprint density at radius 1 is 1.18 bits per heavy atom. The van der Waals surface area contributed by atoms with Gasteiger partial charge in [-0.05, 0) is 44.0 Å². The summed E-state index contributed by atoms with van der Waals surface area (Å²) in [6.45, 7) is 3.08. The van der Waals surface area contributed by atoms with Gasteiger partial charge in [-0.25, -0.2) is 0 Å². The topological polar surface area (TPSA) is 78.3 Å². The molecule has 0 spiro atoms. The monoisotopic (exact) mass is 404 g/mol. The Bertz CT molecular complexity index is 757. The van der Waals surface area contributed by atoms with Crippen molar-refractivity contribution in [1.82, 2.24) is 20.1 Å². The predicted molar refractivity (Wildman–Crippen MR) is 109 cm³/mol. The molecule has 0 unspecified atom stereocenters. The molecule has 1 heterocycles. The molecule has 0 radical (unpaired) electrons. The van der Waals surface area contributed by atoms with Gasteiger partial charge in [0.2, 0.25) is 5.91 Å². The number of methoxy groups -OCH3 is 1. The molecule has 7 nitrogen and oxygen atoms in total. The molecule has 1 aromatic heterocycles. The third-order valence-electron chi connectivity index (χ3n) is 4.84. The maximum Gasteiger partial charge on any atom is 0.230 e. The van der Waals surface area contributed by atoms with E-state index in [4.69, 9.17) is 9.47 Å². The first-order chi connectivity index (χ1) is 13.7. The second-order valence-electron chi connectivity index (χ2n) is 6.80. The number of carbonyl (C=O) groups is 1. The van der Waals surface area contributed by atoms with Crippen LogP contribution in [0.15, 0.2) is 29.4 Å². The fourth-order valence-electron chi connectivity index (χ4n) is 3.32. The molecule has 0 atom stereocenters. The number of hydrogen-bond acceptors (Lipinski definition) is 6. The van der Waals surface area contributed by atoms with Crippen LogP contribution in [0.1, 0.15) is 44.9 Å². The molecule has 2 aromatic rings. The fourth-order valence-corrected chi connectivity index (χ4v) is 4.15. The quantitative estimate of drug-likeness (QED) is 0.645. The van der Waals surface area contributed by atoms with Crippen molar-refractivity contribution >= 4 is 17.7 Å². The van der Waals surface area contributed by atoms with Crippen LogP contribution in [0.25, 0.3) is 0 Å². The van der Waals surface area contributed by atoms with Gasteiger partial charge in [0.05, 0.1) is 12.9 Å². The van der Waals surface area contributed by atoms with Crippen molar-refractivity contribution in [2.45, 2.75) is 63.4 Å². The zero-order valence-corrected chi connectivity index (χ0v) is 17.3. The maximum atomic E-state index is 12.2. The summed E-state index contributed by atoms with van der Waals surface area (Å²) in [6.07, 6.45) is 5.88. The lowest BCUT2D eigenvalue weighted by Gasteiger charge is -2.22. The van der Waals surface area contributed by atoms with Crippen molar-refractivity contribution in [3.8, 4) is 11.5 Å². The summed E-state index contributed by atoms with van der Waals surface area (Å²) in [4.78, 5) is 12.2. The van der Waals surface area contributed by atoms with Gasteiger partial charge in [0.1, 0.15) is 18.1 Å². The lowest BCUT2D eigenvalue weighted by molar-refractivity contribution is -0.119. The summed E-state index contributed by atoms with van der Waals surface area (Å²) in [5.41, 5.74) is 0. The number of hydrogen-bond donors (Lipinski definition) is 1. The standard InChI is InChI=1S/C20H28N4O3S/c1-3-24-18(13-27-17-11-9-16(26-2)10-12-17)22-23-20(24)28-14-19(25)21-15-7-5-4-6-8-15/h9-12,15H,3-8,13-14H2,1-2H3,(H,21,25). The number of benzene rings is 1. The van der Waals surface area contributed by atoms with E-state index in [-0.39, 0.29) is 5.91 Å². The van der Waals surface area contributed by atoms with Crippen LogP contribution in [-0.4, -0.2) is 39.6 Å². The molecule has 0 saturated heterocycles. The van der Waals surface area contributed by atoms with Gasteiger partial charge >= 0.3 is 0 Å². The Balaban J connectivity index is 1.51. The second kappa shape index (κ2) is 10.4. The Morgan fingerprint density at radius 3 is 2.57 bits per heavy atom. The molecule has 152 valence electrons. The maximum absolute atomic E-state index is 12.2. The third-order valence-corrected chi connectivity index (χ3v) is 5.81. The molecule has 3 rings (SSSR count). The summed E-state index contributed by atoms with van der Waals surface area (Å²) in [6, 6.07) is 7.76. The summed E-state index contributed by atoms with van der Waals surface area (Å²) in [5.74, 6) is 2.70. The van der Waals surface area contributed by atoms with Crippen LogP contribution < -0.4 is 14.8 Å². The van der Waals surface area contributed by atoms with Crippen LogP contribution in [0.2, 0.25) is 0 Å². The van der Waals surface area contributed by atoms with E-state index in [2.05, 4.69) is 15.5 Å². The number of aromatic nitrogens is 3. The fraction of sp³-hybridized carbons (Fsp3) is 0.550. The Kier molecular flexibility index (Phi) is 7.59. The molecule has 1 amide bonds. The Morgan fingerprint density at radius 2 is 1.89 bits per heavy atom. The Labute approximate surface area is 170 Å². The first kappa shape index (κ1) is 20.5. The van der Waals surface area contributed by atoms with E-state index in [1.54, 1.807) is 7.11 Å². The van der Waals surface area contributed by atoms with Crippen molar-refractivity contribution in [2.24, 2.45) is 0 Å². The number of carbonyl (C=O) groups excluding carboxylic acids is 1. The number of nitrogens with zero attached hydrogens (tertiary/aromatic N) is 3. The molecule has 0 bridgehead atoms. The molecular weight excluding hydrogens is 376 g/mol. The van der Waals surface area contributed by atoms with Gasteiger partial charge in [-0.2, -0.15) is 0 Å². The zero-order chi connectivity index (χ0) is 19.8. The molecule has 1 fully saturated rings.